The van der Waals surface area contributed by atoms with Crippen LogP contribution < -0.4 is 5.73 Å². The molecular weight excluding hydrogens is 182 g/mol. The SMILES string of the molecule is Nc1ncnc2sc3c(c12)CC=C3. The first-order chi connectivity index (χ1) is 6.36. The summed E-state index contributed by atoms with van der Waals surface area (Å²) in [7, 11) is 0. The average Bonchev–Trinajstić information content (AvgIpc) is 2.62. The first-order valence-corrected chi connectivity index (χ1v) is 4.86. The molecule has 0 fully saturated rings. The standard InChI is InChI=1S/C9H7N3S/c10-8-7-5-2-1-3-6(5)13-9(7)12-4-11-8/h1,3-4H,2H2,(H2,10,11,12). The van der Waals surface area contributed by atoms with E-state index in [0.29, 0.717) is 5.82 Å². The lowest BCUT2D eigenvalue weighted by atomic mass is 10.2. The molecule has 0 aliphatic heterocycles. The third-order valence-corrected chi connectivity index (χ3v) is 3.34. The van der Waals surface area contributed by atoms with Crippen LogP contribution in [0.2, 0.25) is 0 Å². The van der Waals surface area contributed by atoms with Crippen LogP contribution in [0.25, 0.3) is 16.3 Å². The van der Waals surface area contributed by atoms with Crippen LogP contribution in [0.3, 0.4) is 0 Å². The first kappa shape index (κ1) is 7.03. The number of thiophene rings is 1. The molecular formula is C9H7N3S. The summed E-state index contributed by atoms with van der Waals surface area (Å²) in [4.78, 5) is 10.5. The van der Waals surface area contributed by atoms with Crippen LogP contribution >= 0.6 is 11.3 Å². The molecule has 64 valence electrons. The third kappa shape index (κ3) is 0.833. The van der Waals surface area contributed by atoms with Crippen molar-refractivity contribution in [1.82, 2.24) is 9.97 Å². The number of allylic oxidation sites excluding steroid dienone is 1. The van der Waals surface area contributed by atoms with E-state index >= 15 is 0 Å². The van der Waals surface area contributed by atoms with Crippen molar-refractivity contribution in [2.45, 2.75) is 6.42 Å². The molecule has 0 amide bonds. The second kappa shape index (κ2) is 2.29. The summed E-state index contributed by atoms with van der Waals surface area (Å²) in [5.74, 6) is 0.603. The van der Waals surface area contributed by atoms with Crippen molar-refractivity contribution < 1.29 is 0 Å². The van der Waals surface area contributed by atoms with Crippen molar-refractivity contribution in [3.8, 4) is 0 Å². The molecule has 13 heavy (non-hydrogen) atoms. The Bertz CT molecular complexity index is 513. The normalized spacial score (nSPS) is 13.8. The molecule has 4 heteroatoms. The smallest absolute Gasteiger partial charge is 0.135 e. The van der Waals surface area contributed by atoms with Gasteiger partial charge >= 0.3 is 0 Å². The lowest BCUT2D eigenvalue weighted by Crippen LogP contribution is -1.92. The lowest BCUT2D eigenvalue weighted by Gasteiger charge is -1.95. The Morgan fingerprint density at radius 2 is 2.31 bits per heavy atom. The lowest BCUT2D eigenvalue weighted by molar-refractivity contribution is 1.23. The molecule has 2 N–H and O–H groups in total. The Morgan fingerprint density at radius 3 is 3.23 bits per heavy atom. The highest BCUT2D eigenvalue weighted by molar-refractivity contribution is 7.19. The van der Waals surface area contributed by atoms with Gasteiger partial charge < -0.3 is 5.73 Å². The molecule has 3 nitrogen and oxygen atoms in total. The zero-order valence-corrected chi connectivity index (χ0v) is 7.64. The van der Waals surface area contributed by atoms with Gasteiger partial charge in [0.15, 0.2) is 0 Å². The van der Waals surface area contributed by atoms with E-state index in [-0.39, 0.29) is 0 Å². The average molecular weight is 189 g/mol. The minimum absolute atomic E-state index is 0.603. The van der Waals surface area contributed by atoms with Gasteiger partial charge in [-0.05, 0) is 18.1 Å². The number of nitrogens with two attached hydrogens (primary N) is 1. The van der Waals surface area contributed by atoms with E-state index in [1.807, 2.05) is 0 Å². The molecule has 1 aliphatic rings. The van der Waals surface area contributed by atoms with Crippen LogP contribution in [0.5, 0.6) is 0 Å². The van der Waals surface area contributed by atoms with Crippen molar-refractivity contribution in [1.29, 1.82) is 0 Å². The van der Waals surface area contributed by atoms with E-state index in [1.54, 1.807) is 11.3 Å². The van der Waals surface area contributed by atoms with Crippen LogP contribution in [0, 0.1) is 0 Å². The minimum Gasteiger partial charge on any atom is -0.383 e. The van der Waals surface area contributed by atoms with Gasteiger partial charge in [-0.1, -0.05) is 6.08 Å². The highest BCUT2D eigenvalue weighted by Crippen LogP contribution is 2.36. The number of aromatic nitrogens is 2. The predicted molar refractivity (Wildman–Crippen MR) is 54.6 cm³/mol. The molecule has 0 atom stereocenters. The number of hydrogen-bond acceptors (Lipinski definition) is 4. The molecule has 2 heterocycles. The maximum Gasteiger partial charge on any atom is 0.135 e. The van der Waals surface area contributed by atoms with Gasteiger partial charge in [0.2, 0.25) is 0 Å². The van der Waals surface area contributed by atoms with Crippen LogP contribution in [0.1, 0.15) is 10.4 Å². The van der Waals surface area contributed by atoms with Crippen molar-refractivity contribution in [3.05, 3.63) is 22.8 Å². The Balaban J connectivity index is 2.50. The Morgan fingerprint density at radius 1 is 1.38 bits per heavy atom. The predicted octanol–water partition coefficient (Wildman–Crippen LogP) is 1.84. The fourth-order valence-corrected chi connectivity index (χ4v) is 2.76. The second-order valence-electron chi connectivity index (χ2n) is 2.99. The molecule has 2 aromatic heterocycles. The van der Waals surface area contributed by atoms with Crippen LogP contribution in [-0.2, 0) is 6.42 Å². The summed E-state index contributed by atoms with van der Waals surface area (Å²) in [5, 5.41) is 1.05. The van der Waals surface area contributed by atoms with E-state index in [2.05, 4.69) is 22.1 Å². The zero-order valence-electron chi connectivity index (χ0n) is 6.82. The molecule has 3 rings (SSSR count). The summed E-state index contributed by atoms with van der Waals surface area (Å²) in [6.07, 6.45) is 6.76. The van der Waals surface area contributed by atoms with Gasteiger partial charge in [-0.25, -0.2) is 9.97 Å². The second-order valence-corrected chi connectivity index (χ2v) is 4.02. The summed E-state index contributed by atoms with van der Waals surface area (Å²) in [5.41, 5.74) is 7.09. The van der Waals surface area contributed by atoms with Crippen molar-refractivity contribution in [2.75, 3.05) is 5.73 Å². The van der Waals surface area contributed by atoms with E-state index in [9.17, 15) is 0 Å². The topological polar surface area (TPSA) is 51.8 Å². The number of anilines is 1. The summed E-state index contributed by atoms with van der Waals surface area (Å²) >= 11 is 1.68. The number of rotatable bonds is 0. The minimum atomic E-state index is 0.603. The van der Waals surface area contributed by atoms with Gasteiger partial charge in [0.05, 0.1) is 5.39 Å². The van der Waals surface area contributed by atoms with E-state index in [4.69, 9.17) is 5.73 Å². The van der Waals surface area contributed by atoms with Crippen molar-refractivity contribution >= 4 is 33.4 Å². The molecule has 0 aromatic carbocycles. The monoisotopic (exact) mass is 189 g/mol. The highest BCUT2D eigenvalue weighted by atomic mass is 32.1. The summed E-state index contributed by atoms with van der Waals surface area (Å²) in [6, 6.07) is 0. The number of nitrogen functional groups attached to an aromatic ring is 1. The molecule has 0 unspecified atom stereocenters. The highest BCUT2D eigenvalue weighted by Gasteiger charge is 2.16. The van der Waals surface area contributed by atoms with Crippen molar-refractivity contribution in [3.63, 3.8) is 0 Å². The maximum absolute atomic E-state index is 5.80. The summed E-state index contributed by atoms with van der Waals surface area (Å²) in [6.45, 7) is 0. The fraction of sp³-hybridized carbons (Fsp3) is 0.111. The first-order valence-electron chi connectivity index (χ1n) is 4.04. The Kier molecular flexibility index (Phi) is 1.24. The van der Waals surface area contributed by atoms with Gasteiger partial charge in [-0.15, -0.1) is 11.3 Å². The molecule has 0 spiro atoms. The molecule has 0 saturated heterocycles. The van der Waals surface area contributed by atoms with E-state index < -0.39 is 0 Å². The molecule has 0 saturated carbocycles. The molecule has 0 radical (unpaired) electrons. The third-order valence-electron chi connectivity index (χ3n) is 2.24. The molecule has 1 aliphatic carbocycles. The Hall–Kier alpha value is -1.42. The number of hydrogen-bond donors (Lipinski definition) is 1. The van der Waals surface area contributed by atoms with Crippen LogP contribution in [0.4, 0.5) is 5.82 Å². The van der Waals surface area contributed by atoms with E-state index in [1.165, 1.54) is 16.8 Å². The largest absolute Gasteiger partial charge is 0.383 e. The molecule has 0 bridgehead atoms. The maximum atomic E-state index is 5.80. The van der Waals surface area contributed by atoms with Gasteiger partial charge in [0, 0.05) is 4.88 Å². The number of nitrogens with zero attached hydrogens (tertiary/aromatic N) is 2. The van der Waals surface area contributed by atoms with Crippen molar-refractivity contribution in [2.24, 2.45) is 0 Å². The summed E-state index contributed by atoms with van der Waals surface area (Å²) < 4.78 is 0. The van der Waals surface area contributed by atoms with Gasteiger partial charge in [0.25, 0.3) is 0 Å². The van der Waals surface area contributed by atoms with Gasteiger partial charge in [0.1, 0.15) is 17.0 Å². The fourth-order valence-electron chi connectivity index (χ4n) is 1.65. The molecule has 2 aromatic rings. The van der Waals surface area contributed by atoms with Crippen LogP contribution in [0.15, 0.2) is 12.4 Å². The quantitative estimate of drug-likeness (QED) is 0.688. The van der Waals surface area contributed by atoms with Gasteiger partial charge in [-0.3, -0.25) is 0 Å². The van der Waals surface area contributed by atoms with Gasteiger partial charge in [-0.2, -0.15) is 0 Å². The zero-order chi connectivity index (χ0) is 8.84. The van der Waals surface area contributed by atoms with E-state index in [0.717, 1.165) is 16.6 Å². The number of fused-ring (bicyclic) bond motifs is 3. The Labute approximate surface area is 78.9 Å². The van der Waals surface area contributed by atoms with Crippen LogP contribution in [-0.4, -0.2) is 9.97 Å².